The predicted molar refractivity (Wildman–Crippen MR) is 83.8 cm³/mol. The number of carbonyl (C=O) groups is 1. The van der Waals surface area contributed by atoms with Crippen LogP contribution >= 0.6 is 11.3 Å². The Morgan fingerprint density at radius 3 is 3.13 bits per heavy atom. The Morgan fingerprint density at radius 1 is 1.48 bits per heavy atom. The quantitative estimate of drug-likeness (QED) is 0.858. The second-order valence-corrected chi connectivity index (χ2v) is 6.87. The third-order valence-corrected chi connectivity index (χ3v) is 5.54. The number of amides is 2. The van der Waals surface area contributed by atoms with Crippen molar-refractivity contribution in [3.63, 3.8) is 0 Å². The second-order valence-electron chi connectivity index (χ2n) is 5.81. The van der Waals surface area contributed by atoms with E-state index in [1.807, 2.05) is 17.9 Å². The Kier molecular flexibility index (Phi) is 3.48. The standard InChI is InChI=1S/C15H16FN5OS/c1-2-12-19-20-14(23-12)18-15(22)21-8-3-4-11(21)9-5-6-17-13(16)10(9)7-8/h5-6,8,11H,2-4,7H2,1H3,(H,18,20,22). The van der Waals surface area contributed by atoms with Gasteiger partial charge in [-0.05, 0) is 37.3 Å². The number of pyridine rings is 1. The normalized spacial score (nSPS) is 22.1. The molecule has 6 nitrogen and oxygen atoms in total. The third-order valence-electron chi connectivity index (χ3n) is 4.56. The highest BCUT2D eigenvalue weighted by atomic mass is 32.1. The molecule has 0 spiro atoms. The fraction of sp³-hybridized carbons (Fsp3) is 0.467. The predicted octanol–water partition coefficient (Wildman–Crippen LogP) is 2.93. The first-order chi connectivity index (χ1) is 11.2. The van der Waals surface area contributed by atoms with Crippen LogP contribution in [0.4, 0.5) is 14.3 Å². The average Bonchev–Trinajstić information content (AvgIpc) is 3.12. The number of hydrogen-bond donors (Lipinski definition) is 1. The molecule has 2 aromatic heterocycles. The summed E-state index contributed by atoms with van der Waals surface area (Å²) >= 11 is 1.39. The number of aryl methyl sites for hydroxylation is 1. The molecule has 2 aliphatic rings. The summed E-state index contributed by atoms with van der Waals surface area (Å²) in [7, 11) is 0. The van der Waals surface area contributed by atoms with Crippen LogP contribution in [0.25, 0.3) is 0 Å². The summed E-state index contributed by atoms with van der Waals surface area (Å²) in [5.74, 6) is -0.406. The van der Waals surface area contributed by atoms with E-state index < -0.39 is 5.95 Å². The molecule has 120 valence electrons. The van der Waals surface area contributed by atoms with Gasteiger partial charge in [0.25, 0.3) is 0 Å². The van der Waals surface area contributed by atoms with Gasteiger partial charge in [0.05, 0.1) is 6.04 Å². The smallest absolute Gasteiger partial charge is 0.314 e. The maximum atomic E-state index is 13.9. The van der Waals surface area contributed by atoms with E-state index in [0.717, 1.165) is 29.8 Å². The summed E-state index contributed by atoms with van der Waals surface area (Å²) in [5, 5.41) is 12.2. The van der Waals surface area contributed by atoms with E-state index >= 15 is 0 Å². The molecule has 2 bridgehead atoms. The summed E-state index contributed by atoms with van der Waals surface area (Å²) in [4.78, 5) is 18.2. The van der Waals surface area contributed by atoms with Crippen LogP contribution in [0.2, 0.25) is 0 Å². The molecule has 2 unspecified atom stereocenters. The fourth-order valence-corrected chi connectivity index (χ4v) is 4.20. The first kappa shape index (κ1) is 14.5. The van der Waals surface area contributed by atoms with E-state index in [-0.39, 0.29) is 18.1 Å². The molecule has 2 aromatic rings. The van der Waals surface area contributed by atoms with Crippen LogP contribution in [0.15, 0.2) is 12.3 Å². The molecular weight excluding hydrogens is 317 g/mol. The molecule has 1 fully saturated rings. The molecule has 4 rings (SSSR count). The van der Waals surface area contributed by atoms with Crippen molar-refractivity contribution >= 4 is 22.5 Å². The van der Waals surface area contributed by atoms with Crippen LogP contribution in [-0.2, 0) is 12.8 Å². The highest BCUT2D eigenvalue weighted by Gasteiger charge is 2.43. The van der Waals surface area contributed by atoms with Gasteiger partial charge in [-0.3, -0.25) is 5.32 Å². The zero-order valence-corrected chi connectivity index (χ0v) is 13.4. The topological polar surface area (TPSA) is 71.0 Å². The maximum absolute atomic E-state index is 13.9. The Balaban J connectivity index is 1.59. The Hall–Kier alpha value is -2.09. The SMILES string of the molecule is CCc1nnc(NC(=O)N2C3CCC2c2ccnc(F)c2C3)s1. The minimum Gasteiger partial charge on any atom is -0.314 e. The van der Waals surface area contributed by atoms with Crippen molar-refractivity contribution in [1.82, 2.24) is 20.1 Å². The van der Waals surface area contributed by atoms with E-state index in [2.05, 4.69) is 20.5 Å². The summed E-state index contributed by atoms with van der Waals surface area (Å²) in [6.07, 6.45) is 4.52. The van der Waals surface area contributed by atoms with Gasteiger partial charge in [-0.2, -0.15) is 4.39 Å². The minimum absolute atomic E-state index is 0.0183. The van der Waals surface area contributed by atoms with Gasteiger partial charge in [-0.25, -0.2) is 9.78 Å². The number of hydrogen-bond acceptors (Lipinski definition) is 5. The lowest BCUT2D eigenvalue weighted by Crippen LogP contribution is -2.44. The van der Waals surface area contributed by atoms with E-state index in [0.29, 0.717) is 17.1 Å². The number of nitrogens with one attached hydrogen (secondary N) is 1. The van der Waals surface area contributed by atoms with Gasteiger partial charge in [0.15, 0.2) is 0 Å². The number of fused-ring (bicyclic) bond motifs is 4. The van der Waals surface area contributed by atoms with E-state index in [1.54, 1.807) is 0 Å². The highest BCUT2D eigenvalue weighted by molar-refractivity contribution is 7.15. The first-order valence-electron chi connectivity index (χ1n) is 7.72. The van der Waals surface area contributed by atoms with E-state index in [1.165, 1.54) is 17.5 Å². The Morgan fingerprint density at radius 2 is 2.35 bits per heavy atom. The van der Waals surface area contributed by atoms with Crippen LogP contribution in [0.1, 0.15) is 41.9 Å². The largest absolute Gasteiger partial charge is 0.324 e. The number of anilines is 1. The van der Waals surface area contributed by atoms with Gasteiger partial charge in [0.1, 0.15) is 5.01 Å². The maximum Gasteiger partial charge on any atom is 0.324 e. The van der Waals surface area contributed by atoms with Gasteiger partial charge < -0.3 is 4.90 Å². The van der Waals surface area contributed by atoms with Crippen molar-refractivity contribution < 1.29 is 9.18 Å². The lowest BCUT2D eigenvalue weighted by molar-refractivity contribution is 0.178. The molecule has 2 amide bonds. The molecule has 23 heavy (non-hydrogen) atoms. The van der Waals surface area contributed by atoms with Gasteiger partial charge in [0.2, 0.25) is 11.1 Å². The summed E-state index contributed by atoms with van der Waals surface area (Å²) < 4.78 is 13.9. The zero-order chi connectivity index (χ0) is 16.0. The molecule has 2 atom stereocenters. The molecule has 0 aromatic carbocycles. The molecule has 1 saturated heterocycles. The molecule has 4 heterocycles. The molecule has 8 heteroatoms. The zero-order valence-electron chi connectivity index (χ0n) is 12.6. The van der Waals surface area contributed by atoms with Crippen molar-refractivity contribution in [3.05, 3.63) is 34.3 Å². The second kappa shape index (κ2) is 5.52. The van der Waals surface area contributed by atoms with Crippen LogP contribution < -0.4 is 5.32 Å². The molecule has 0 aliphatic carbocycles. The average molecular weight is 333 g/mol. The number of rotatable bonds is 2. The van der Waals surface area contributed by atoms with Crippen LogP contribution in [0, 0.1) is 5.95 Å². The Labute approximate surface area is 136 Å². The summed E-state index contributed by atoms with van der Waals surface area (Å²) in [5.41, 5.74) is 1.54. The molecular formula is C15H16FN5OS. The lowest BCUT2D eigenvalue weighted by atomic mass is 9.95. The minimum atomic E-state index is -0.406. The van der Waals surface area contributed by atoms with Crippen molar-refractivity contribution in [2.75, 3.05) is 5.32 Å². The summed E-state index contributed by atoms with van der Waals surface area (Å²) in [6.45, 7) is 2.00. The number of nitrogens with zero attached hydrogens (tertiary/aromatic N) is 4. The monoisotopic (exact) mass is 333 g/mol. The van der Waals surface area contributed by atoms with Crippen molar-refractivity contribution in [3.8, 4) is 0 Å². The van der Waals surface area contributed by atoms with Crippen LogP contribution in [0.5, 0.6) is 0 Å². The highest BCUT2D eigenvalue weighted by Crippen LogP contribution is 2.44. The Bertz CT molecular complexity index is 764. The van der Waals surface area contributed by atoms with Crippen molar-refractivity contribution in [2.45, 2.75) is 44.7 Å². The number of carbonyl (C=O) groups excluding carboxylic acids is 1. The van der Waals surface area contributed by atoms with Crippen LogP contribution in [0.3, 0.4) is 0 Å². The molecule has 0 radical (unpaired) electrons. The lowest BCUT2D eigenvalue weighted by Gasteiger charge is -2.35. The van der Waals surface area contributed by atoms with Gasteiger partial charge in [-0.15, -0.1) is 10.2 Å². The van der Waals surface area contributed by atoms with Gasteiger partial charge in [-0.1, -0.05) is 18.3 Å². The molecule has 2 aliphatic heterocycles. The number of urea groups is 1. The molecule has 1 N–H and O–H groups in total. The first-order valence-corrected chi connectivity index (χ1v) is 8.54. The fourth-order valence-electron chi connectivity index (χ4n) is 3.53. The van der Waals surface area contributed by atoms with Crippen LogP contribution in [-0.4, -0.2) is 32.2 Å². The van der Waals surface area contributed by atoms with Gasteiger partial charge in [0, 0.05) is 17.8 Å². The molecule has 0 saturated carbocycles. The van der Waals surface area contributed by atoms with Crippen molar-refractivity contribution in [2.24, 2.45) is 0 Å². The number of halogens is 1. The third kappa shape index (κ3) is 2.37. The van der Waals surface area contributed by atoms with E-state index in [9.17, 15) is 9.18 Å². The summed E-state index contributed by atoms with van der Waals surface area (Å²) in [6, 6.07) is 1.58. The van der Waals surface area contributed by atoms with E-state index in [4.69, 9.17) is 0 Å². The van der Waals surface area contributed by atoms with Crippen molar-refractivity contribution in [1.29, 1.82) is 0 Å². The van der Waals surface area contributed by atoms with Gasteiger partial charge >= 0.3 is 6.03 Å². The number of aromatic nitrogens is 3.